The Morgan fingerprint density at radius 1 is 0.302 bits per heavy atom. The van der Waals surface area contributed by atoms with Crippen molar-refractivity contribution in [2.24, 2.45) is 0 Å². The molecule has 4 heteroatoms. The van der Waals surface area contributed by atoms with Crippen molar-refractivity contribution in [3.8, 4) is 67.5 Å². The van der Waals surface area contributed by atoms with Gasteiger partial charge >= 0.3 is 0 Å². The summed E-state index contributed by atoms with van der Waals surface area (Å²) >= 11 is 1.84. The molecule has 10 rings (SSSR count). The van der Waals surface area contributed by atoms with E-state index >= 15 is 0 Å². The van der Waals surface area contributed by atoms with Crippen molar-refractivity contribution in [3.63, 3.8) is 0 Å². The minimum atomic E-state index is 0.637. The van der Waals surface area contributed by atoms with Crippen molar-refractivity contribution >= 4 is 42.3 Å². The number of benzene rings is 8. The lowest BCUT2D eigenvalue weighted by atomic mass is 9.97. The summed E-state index contributed by atoms with van der Waals surface area (Å²) in [5.41, 5.74) is 9.83. The van der Waals surface area contributed by atoms with Gasteiger partial charge in [-0.05, 0) is 62.4 Å². The number of nitrogens with zero attached hydrogens (tertiary/aromatic N) is 3. The van der Waals surface area contributed by atoms with Gasteiger partial charge in [0.15, 0.2) is 17.5 Å². The molecule has 0 aliphatic rings. The van der Waals surface area contributed by atoms with E-state index in [1.807, 2.05) is 17.4 Å². The molecular formula is C49H31N3S. The smallest absolute Gasteiger partial charge is 0.164 e. The minimum absolute atomic E-state index is 0.637. The molecule has 0 amide bonds. The number of fused-ring (bicyclic) bond motifs is 4. The lowest BCUT2D eigenvalue weighted by molar-refractivity contribution is 1.07. The standard InChI is InChI=1S/C49H31N3S/c1-2-11-32(12-3-1)33-23-27-36(28-24-33)47-50-48(37-29-25-35(26-30-37)41-19-9-14-34-13-4-5-17-40(34)41)52-49(51-47)39-16-8-15-38(31-39)42-20-10-22-45-46(42)43-18-6-7-21-44(43)53-45/h1-31H. The van der Waals surface area contributed by atoms with Crippen LogP contribution in [0, 0.1) is 0 Å². The van der Waals surface area contributed by atoms with Gasteiger partial charge in [0.05, 0.1) is 0 Å². The van der Waals surface area contributed by atoms with E-state index in [4.69, 9.17) is 15.0 Å². The first kappa shape index (κ1) is 31.0. The van der Waals surface area contributed by atoms with Gasteiger partial charge in [0.25, 0.3) is 0 Å². The van der Waals surface area contributed by atoms with Crippen LogP contribution in [-0.2, 0) is 0 Å². The van der Waals surface area contributed by atoms with Gasteiger partial charge in [0, 0.05) is 36.9 Å². The maximum Gasteiger partial charge on any atom is 0.164 e. The monoisotopic (exact) mass is 693 g/mol. The summed E-state index contributed by atoms with van der Waals surface area (Å²) in [4.78, 5) is 15.3. The van der Waals surface area contributed by atoms with Gasteiger partial charge in [0.2, 0.25) is 0 Å². The highest BCUT2D eigenvalue weighted by Gasteiger charge is 2.16. The lowest BCUT2D eigenvalue weighted by Crippen LogP contribution is -2.00. The van der Waals surface area contributed by atoms with Gasteiger partial charge in [-0.3, -0.25) is 0 Å². The molecule has 0 radical (unpaired) electrons. The van der Waals surface area contributed by atoms with Crippen LogP contribution in [0.1, 0.15) is 0 Å². The Morgan fingerprint density at radius 3 is 1.57 bits per heavy atom. The van der Waals surface area contributed by atoms with E-state index in [2.05, 4.69) is 182 Å². The molecule has 248 valence electrons. The van der Waals surface area contributed by atoms with E-state index in [0.29, 0.717) is 17.5 Å². The third-order valence-electron chi connectivity index (χ3n) is 9.96. The number of hydrogen-bond donors (Lipinski definition) is 0. The van der Waals surface area contributed by atoms with Crippen molar-refractivity contribution < 1.29 is 0 Å². The maximum atomic E-state index is 5.13. The second-order valence-electron chi connectivity index (χ2n) is 13.2. The quantitative estimate of drug-likeness (QED) is 0.174. The highest BCUT2D eigenvalue weighted by Crippen LogP contribution is 2.41. The zero-order valence-corrected chi connectivity index (χ0v) is 29.5. The number of thiophene rings is 1. The second-order valence-corrected chi connectivity index (χ2v) is 14.3. The predicted molar refractivity (Wildman–Crippen MR) is 223 cm³/mol. The largest absolute Gasteiger partial charge is 0.208 e. The molecular weight excluding hydrogens is 663 g/mol. The van der Waals surface area contributed by atoms with Gasteiger partial charge in [-0.15, -0.1) is 11.3 Å². The van der Waals surface area contributed by atoms with Gasteiger partial charge in [-0.1, -0.05) is 170 Å². The summed E-state index contributed by atoms with van der Waals surface area (Å²) in [6.45, 7) is 0. The Balaban J connectivity index is 1.09. The van der Waals surface area contributed by atoms with Gasteiger partial charge < -0.3 is 0 Å². The van der Waals surface area contributed by atoms with Crippen molar-refractivity contribution in [1.29, 1.82) is 0 Å². The highest BCUT2D eigenvalue weighted by atomic mass is 32.1. The molecule has 0 bridgehead atoms. The summed E-state index contributed by atoms with van der Waals surface area (Å²) in [7, 11) is 0. The Morgan fingerprint density at radius 2 is 0.792 bits per heavy atom. The zero-order chi connectivity index (χ0) is 35.1. The lowest BCUT2D eigenvalue weighted by Gasteiger charge is -2.11. The van der Waals surface area contributed by atoms with E-state index < -0.39 is 0 Å². The summed E-state index contributed by atoms with van der Waals surface area (Å²) < 4.78 is 2.58. The van der Waals surface area contributed by atoms with Crippen LogP contribution in [0.3, 0.4) is 0 Å². The van der Waals surface area contributed by atoms with Crippen LogP contribution in [-0.4, -0.2) is 15.0 Å². The van der Waals surface area contributed by atoms with Gasteiger partial charge in [0.1, 0.15) is 0 Å². The molecule has 3 nitrogen and oxygen atoms in total. The predicted octanol–water partition coefficient (Wildman–Crippen LogP) is 13.4. The Hall–Kier alpha value is -6.75. The van der Waals surface area contributed by atoms with Crippen LogP contribution >= 0.6 is 11.3 Å². The van der Waals surface area contributed by atoms with E-state index in [9.17, 15) is 0 Å². The van der Waals surface area contributed by atoms with Crippen LogP contribution < -0.4 is 0 Å². The molecule has 0 spiro atoms. The normalized spacial score (nSPS) is 11.4. The number of aromatic nitrogens is 3. The van der Waals surface area contributed by atoms with Crippen molar-refractivity contribution in [1.82, 2.24) is 15.0 Å². The first-order chi connectivity index (χ1) is 26.2. The fourth-order valence-electron chi connectivity index (χ4n) is 7.32. The molecule has 0 atom stereocenters. The van der Waals surface area contributed by atoms with Crippen LogP contribution in [0.2, 0.25) is 0 Å². The van der Waals surface area contributed by atoms with Crippen LogP contribution in [0.25, 0.3) is 98.5 Å². The molecule has 0 fully saturated rings. The van der Waals surface area contributed by atoms with Crippen molar-refractivity contribution in [3.05, 3.63) is 188 Å². The molecule has 0 aliphatic carbocycles. The van der Waals surface area contributed by atoms with Crippen molar-refractivity contribution in [2.75, 3.05) is 0 Å². The minimum Gasteiger partial charge on any atom is -0.208 e. The average molecular weight is 694 g/mol. The molecule has 0 saturated heterocycles. The van der Waals surface area contributed by atoms with Crippen LogP contribution in [0.4, 0.5) is 0 Å². The first-order valence-corrected chi connectivity index (χ1v) is 18.6. The summed E-state index contributed by atoms with van der Waals surface area (Å²) in [5.74, 6) is 1.91. The Bertz CT molecular complexity index is 2920. The van der Waals surface area contributed by atoms with E-state index in [-0.39, 0.29) is 0 Å². The number of rotatable bonds is 6. The summed E-state index contributed by atoms with van der Waals surface area (Å²) in [6.07, 6.45) is 0. The highest BCUT2D eigenvalue weighted by molar-refractivity contribution is 7.25. The zero-order valence-electron chi connectivity index (χ0n) is 28.6. The molecule has 2 aromatic heterocycles. The maximum absolute atomic E-state index is 5.13. The molecule has 8 aromatic carbocycles. The fourth-order valence-corrected chi connectivity index (χ4v) is 8.45. The number of hydrogen-bond acceptors (Lipinski definition) is 4. The molecule has 0 N–H and O–H groups in total. The van der Waals surface area contributed by atoms with Gasteiger partial charge in [-0.25, -0.2) is 15.0 Å². The molecule has 2 heterocycles. The molecule has 10 aromatic rings. The van der Waals surface area contributed by atoms with Crippen LogP contribution in [0.15, 0.2) is 188 Å². The fraction of sp³-hybridized carbons (Fsp3) is 0. The molecule has 0 unspecified atom stereocenters. The summed E-state index contributed by atoms with van der Waals surface area (Å²) in [6, 6.07) is 66.3. The van der Waals surface area contributed by atoms with E-state index in [1.54, 1.807) is 0 Å². The average Bonchev–Trinajstić information content (AvgIpc) is 3.63. The summed E-state index contributed by atoms with van der Waals surface area (Å²) in [5, 5.41) is 5.03. The van der Waals surface area contributed by atoms with Crippen molar-refractivity contribution in [2.45, 2.75) is 0 Å². The SMILES string of the molecule is c1ccc(-c2ccc(-c3nc(-c4ccc(-c5cccc6ccccc56)cc4)nc(-c4cccc(-c5cccc6sc7ccccc7c56)c4)n3)cc2)cc1. The van der Waals surface area contributed by atoms with E-state index in [1.165, 1.54) is 47.6 Å². The molecule has 0 aliphatic heterocycles. The molecule has 53 heavy (non-hydrogen) atoms. The van der Waals surface area contributed by atoms with E-state index in [0.717, 1.165) is 33.4 Å². The Kier molecular flexibility index (Phi) is 7.67. The van der Waals surface area contributed by atoms with Gasteiger partial charge in [-0.2, -0.15) is 0 Å². The Labute approximate surface area is 311 Å². The molecule has 0 saturated carbocycles. The third-order valence-corrected chi connectivity index (χ3v) is 11.1. The van der Waals surface area contributed by atoms with Crippen LogP contribution in [0.5, 0.6) is 0 Å². The third kappa shape index (κ3) is 5.76. The topological polar surface area (TPSA) is 38.7 Å². The second kappa shape index (κ2) is 13.1. The first-order valence-electron chi connectivity index (χ1n) is 17.8.